The van der Waals surface area contributed by atoms with Crippen LogP contribution in [0.1, 0.15) is 22.5 Å². The van der Waals surface area contributed by atoms with Crippen LogP contribution in [-0.4, -0.2) is 64.9 Å². The van der Waals surface area contributed by atoms with Gasteiger partial charge in [-0.25, -0.2) is 38.8 Å². The van der Waals surface area contributed by atoms with Gasteiger partial charge in [-0.15, -0.1) is 0 Å². The van der Waals surface area contributed by atoms with Gasteiger partial charge in [0.1, 0.15) is 34.0 Å². The highest BCUT2D eigenvalue weighted by molar-refractivity contribution is 7.92. The van der Waals surface area contributed by atoms with Gasteiger partial charge < -0.3 is 9.80 Å². The second kappa shape index (κ2) is 18.1. The van der Waals surface area contributed by atoms with E-state index in [0.717, 1.165) is 56.6 Å². The van der Waals surface area contributed by atoms with E-state index in [1.165, 1.54) is 79.0 Å². The van der Waals surface area contributed by atoms with E-state index in [1.807, 2.05) is 19.2 Å². The fourth-order valence-electron chi connectivity index (χ4n) is 5.83. The lowest BCUT2D eigenvalue weighted by Gasteiger charge is -2.35. The molecule has 58 heavy (non-hydrogen) atoms. The molecule has 0 amide bonds. The molecule has 15 heteroatoms. The first-order valence-corrected chi connectivity index (χ1v) is 20.6. The third-order valence-electron chi connectivity index (χ3n) is 9.06. The van der Waals surface area contributed by atoms with Crippen LogP contribution in [0, 0.1) is 29.1 Å². The number of nitrogens with zero attached hydrogens (tertiary/aromatic N) is 4. The lowest BCUT2D eigenvalue weighted by atomic mass is 10.2. The third kappa shape index (κ3) is 9.91. The lowest BCUT2D eigenvalue weighted by Crippen LogP contribution is -2.44. The summed E-state index contributed by atoms with van der Waals surface area (Å²) in [7, 11) is -5.75. The van der Waals surface area contributed by atoms with E-state index in [9.17, 15) is 38.8 Å². The summed E-state index contributed by atoms with van der Waals surface area (Å²) in [6.45, 7) is 3.24. The monoisotopic (exact) mass is 830 g/mol. The van der Waals surface area contributed by atoms with E-state index < -0.39 is 53.7 Å². The zero-order valence-corrected chi connectivity index (χ0v) is 32.4. The second-order valence-electron chi connectivity index (χ2n) is 13.0. The third-order valence-corrected chi connectivity index (χ3v) is 12.6. The average molecular weight is 831 g/mol. The van der Waals surface area contributed by atoms with Gasteiger partial charge in [-0.2, -0.15) is 0 Å². The summed E-state index contributed by atoms with van der Waals surface area (Å²) in [5.41, 5.74) is 1.89. The van der Waals surface area contributed by atoms with Crippen molar-refractivity contribution in [1.82, 2.24) is 14.9 Å². The number of aromatic nitrogens is 2. The summed E-state index contributed by atoms with van der Waals surface area (Å²) in [6.07, 6.45) is 8.26. The maximum atomic E-state index is 13.8. The molecule has 0 spiro atoms. The van der Waals surface area contributed by atoms with E-state index in [4.69, 9.17) is 0 Å². The number of sulfone groups is 2. The van der Waals surface area contributed by atoms with Crippen molar-refractivity contribution >= 4 is 49.7 Å². The zero-order valence-electron chi connectivity index (χ0n) is 30.8. The van der Waals surface area contributed by atoms with Gasteiger partial charge in [-0.05, 0) is 104 Å². The minimum Gasteiger partial charge on any atom is -0.368 e. The van der Waals surface area contributed by atoms with Gasteiger partial charge in [0, 0.05) is 61.8 Å². The number of likely N-dealkylation sites (N-methyl/N-ethyl adjacent to an activating group) is 1. The highest BCUT2D eigenvalue weighted by Crippen LogP contribution is 2.31. The molecule has 1 saturated heterocycles. The molecule has 6 aromatic rings. The Hall–Kier alpha value is -6.03. The molecule has 1 aliphatic heterocycles. The quantitative estimate of drug-likeness (QED) is 0.134. The molecule has 3 heterocycles. The minimum absolute atomic E-state index is 0.0872. The Morgan fingerprint density at radius 1 is 0.517 bits per heavy atom. The summed E-state index contributed by atoms with van der Waals surface area (Å²) >= 11 is 0. The van der Waals surface area contributed by atoms with Gasteiger partial charge in [-0.3, -0.25) is 9.97 Å². The van der Waals surface area contributed by atoms with Crippen molar-refractivity contribution in [3.63, 3.8) is 0 Å². The predicted octanol–water partition coefficient (Wildman–Crippen LogP) is 8.62. The number of hydrogen-bond donors (Lipinski definition) is 0. The normalized spacial score (nSPS) is 13.8. The van der Waals surface area contributed by atoms with Gasteiger partial charge >= 0.3 is 0 Å². The van der Waals surface area contributed by atoms with Crippen LogP contribution >= 0.6 is 0 Å². The molecule has 0 bridgehead atoms. The van der Waals surface area contributed by atoms with Crippen molar-refractivity contribution in [1.29, 1.82) is 0 Å². The smallest absolute Gasteiger partial charge is 0.211 e. The second-order valence-corrected chi connectivity index (χ2v) is 16.9. The molecule has 1 aliphatic rings. The van der Waals surface area contributed by atoms with Crippen LogP contribution in [0.25, 0.3) is 24.3 Å². The number of pyridine rings is 2. The first-order chi connectivity index (χ1) is 27.7. The molecule has 0 saturated carbocycles. The Morgan fingerprint density at radius 2 is 0.983 bits per heavy atom. The number of halogens is 5. The van der Waals surface area contributed by atoms with Gasteiger partial charge in [0.15, 0.2) is 0 Å². The SMILES string of the molecule is CN1CCN(c2ccccc2S(=O)(=O)c2ccc(/C=C/c3ccc(F)cc3F)nc2)CC1.O=S(=O)(c1ccc(/C=C/c2ccc(F)cc2F)nc1)c1ccccc1F. The summed E-state index contributed by atoms with van der Waals surface area (Å²) in [5, 5.41) is 0. The Balaban J connectivity index is 0.000000200. The first kappa shape index (κ1) is 41.6. The van der Waals surface area contributed by atoms with Crippen molar-refractivity contribution in [2.75, 3.05) is 38.1 Å². The zero-order chi connectivity index (χ0) is 41.5. The fraction of sp³-hybridized carbons (Fsp3) is 0.116. The molecule has 0 N–H and O–H groups in total. The number of benzene rings is 4. The number of anilines is 1. The topological polar surface area (TPSA) is 101 Å². The Bertz CT molecular complexity index is 2690. The van der Waals surface area contributed by atoms with E-state index in [-0.39, 0.29) is 25.8 Å². The molecule has 298 valence electrons. The van der Waals surface area contributed by atoms with Crippen molar-refractivity contribution in [2.45, 2.75) is 19.6 Å². The molecule has 0 atom stereocenters. The van der Waals surface area contributed by atoms with Crippen LogP contribution in [0.2, 0.25) is 0 Å². The largest absolute Gasteiger partial charge is 0.368 e. The first-order valence-electron chi connectivity index (χ1n) is 17.7. The molecule has 4 aromatic carbocycles. The summed E-state index contributed by atoms with van der Waals surface area (Å²) in [4.78, 5) is 12.2. The molecule has 1 fully saturated rings. The molecule has 2 aromatic heterocycles. The highest BCUT2D eigenvalue weighted by Gasteiger charge is 2.26. The van der Waals surface area contributed by atoms with Crippen LogP contribution < -0.4 is 4.90 Å². The highest BCUT2D eigenvalue weighted by atomic mass is 32.2. The Morgan fingerprint density at radius 3 is 1.45 bits per heavy atom. The predicted molar refractivity (Wildman–Crippen MR) is 213 cm³/mol. The van der Waals surface area contributed by atoms with Crippen molar-refractivity contribution in [2.24, 2.45) is 0 Å². The van der Waals surface area contributed by atoms with Crippen LogP contribution in [0.15, 0.2) is 141 Å². The molecule has 8 nitrogen and oxygen atoms in total. The summed E-state index contributed by atoms with van der Waals surface area (Å²) in [5.74, 6) is -3.58. The molecule has 0 unspecified atom stereocenters. The van der Waals surface area contributed by atoms with Gasteiger partial charge in [0.05, 0.1) is 31.8 Å². The summed E-state index contributed by atoms with van der Waals surface area (Å²) < 4.78 is 119. The summed E-state index contributed by atoms with van der Waals surface area (Å²) in [6, 6.07) is 24.3. The molecular formula is C43H35F5N4O4S2. The van der Waals surface area contributed by atoms with Crippen LogP contribution in [-0.2, 0) is 19.7 Å². The van der Waals surface area contributed by atoms with E-state index >= 15 is 0 Å². The van der Waals surface area contributed by atoms with Gasteiger partial charge in [-0.1, -0.05) is 24.3 Å². The minimum atomic E-state index is -4.03. The molecule has 7 rings (SSSR count). The lowest BCUT2D eigenvalue weighted by molar-refractivity contribution is 0.312. The van der Waals surface area contributed by atoms with E-state index in [1.54, 1.807) is 24.3 Å². The number of piperazine rings is 1. The van der Waals surface area contributed by atoms with E-state index in [2.05, 4.69) is 19.8 Å². The van der Waals surface area contributed by atoms with Crippen LogP contribution in [0.3, 0.4) is 0 Å². The van der Waals surface area contributed by atoms with Crippen molar-refractivity contribution < 1.29 is 38.8 Å². The van der Waals surface area contributed by atoms with Gasteiger partial charge in [0.2, 0.25) is 19.7 Å². The number of para-hydroxylation sites is 1. The molecule has 0 radical (unpaired) electrons. The average Bonchev–Trinajstić information content (AvgIpc) is 3.21. The fourth-order valence-corrected chi connectivity index (χ4v) is 8.53. The molecule has 0 aliphatic carbocycles. The van der Waals surface area contributed by atoms with Crippen molar-refractivity contribution in [3.8, 4) is 0 Å². The van der Waals surface area contributed by atoms with E-state index in [0.29, 0.717) is 17.1 Å². The molecular weight excluding hydrogens is 796 g/mol. The number of hydrogen-bond acceptors (Lipinski definition) is 8. The Labute approximate surface area is 333 Å². The van der Waals surface area contributed by atoms with Crippen molar-refractivity contribution in [3.05, 3.63) is 173 Å². The van der Waals surface area contributed by atoms with Crippen LogP contribution in [0.4, 0.5) is 27.6 Å². The number of rotatable bonds is 9. The maximum absolute atomic E-state index is 13.8. The maximum Gasteiger partial charge on any atom is 0.211 e. The standard InChI is InChI=1S/C24H23F2N3O2S.C19H12F3NO2S/c1-28-12-14-29(15-13-28)23-4-2-3-5-24(23)32(30,31)21-11-10-20(27-17-21)9-7-18-6-8-19(25)16-22(18)26;20-14-7-5-13(18(22)11-14)6-8-15-9-10-16(12-23-15)26(24,25)19-4-2-1-3-17(19)21/h2-11,16-17H,12-15H2,1H3;1-12H/b9-7+;8-6+. The van der Waals surface area contributed by atoms with Gasteiger partial charge in [0.25, 0.3) is 0 Å². The van der Waals surface area contributed by atoms with Crippen LogP contribution in [0.5, 0.6) is 0 Å². The Kier molecular flexibility index (Phi) is 12.9.